The average Bonchev–Trinajstić information content (AvgIpc) is 2.63. The van der Waals surface area contributed by atoms with E-state index in [4.69, 9.17) is 9.47 Å². The first-order valence-electron chi connectivity index (χ1n) is 8.37. The van der Waals surface area contributed by atoms with Gasteiger partial charge in [0.2, 0.25) is 0 Å². The van der Waals surface area contributed by atoms with E-state index < -0.39 is 0 Å². The largest absolute Gasteiger partial charge is 0.491 e. The SMILES string of the molecule is CN=C(NCCOc1ccccc1C)N1CCC(C(=O)OC)CC1. The van der Waals surface area contributed by atoms with Crippen LogP contribution in [0.5, 0.6) is 5.75 Å². The highest BCUT2D eigenvalue weighted by atomic mass is 16.5. The second-order valence-electron chi connectivity index (χ2n) is 5.87. The van der Waals surface area contributed by atoms with Crippen LogP contribution >= 0.6 is 0 Å². The molecule has 0 amide bonds. The molecule has 24 heavy (non-hydrogen) atoms. The van der Waals surface area contributed by atoms with Gasteiger partial charge in [-0.25, -0.2) is 0 Å². The molecular formula is C18H27N3O3. The molecule has 0 aromatic heterocycles. The summed E-state index contributed by atoms with van der Waals surface area (Å²) in [5.74, 6) is 1.66. The highest BCUT2D eigenvalue weighted by molar-refractivity contribution is 5.80. The first kappa shape index (κ1) is 18.1. The Kier molecular flexibility index (Phi) is 6.90. The Morgan fingerprint density at radius 3 is 2.67 bits per heavy atom. The highest BCUT2D eigenvalue weighted by Gasteiger charge is 2.26. The van der Waals surface area contributed by atoms with Crippen molar-refractivity contribution in [3.8, 4) is 5.75 Å². The molecule has 6 nitrogen and oxygen atoms in total. The molecule has 1 fully saturated rings. The Balaban J connectivity index is 1.73. The molecular weight excluding hydrogens is 306 g/mol. The highest BCUT2D eigenvalue weighted by Crippen LogP contribution is 2.18. The van der Waals surface area contributed by atoms with Gasteiger partial charge in [-0.1, -0.05) is 18.2 Å². The number of nitrogens with one attached hydrogen (secondary N) is 1. The maximum Gasteiger partial charge on any atom is 0.308 e. The van der Waals surface area contributed by atoms with Crippen molar-refractivity contribution in [1.82, 2.24) is 10.2 Å². The number of rotatable bonds is 5. The number of benzene rings is 1. The van der Waals surface area contributed by atoms with Crippen molar-refractivity contribution in [3.63, 3.8) is 0 Å². The quantitative estimate of drug-likeness (QED) is 0.385. The first-order chi connectivity index (χ1) is 11.7. The fourth-order valence-electron chi connectivity index (χ4n) is 2.87. The van der Waals surface area contributed by atoms with Gasteiger partial charge in [0.05, 0.1) is 19.6 Å². The zero-order valence-corrected chi connectivity index (χ0v) is 14.7. The third-order valence-electron chi connectivity index (χ3n) is 4.28. The number of methoxy groups -OCH3 is 1. The number of carbonyl (C=O) groups is 1. The molecule has 1 aromatic carbocycles. The third-order valence-corrected chi connectivity index (χ3v) is 4.28. The molecule has 0 saturated carbocycles. The van der Waals surface area contributed by atoms with Crippen LogP contribution in [0.25, 0.3) is 0 Å². The van der Waals surface area contributed by atoms with Gasteiger partial charge in [0.25, 0.3) is 0 Å². The van der Waals surface area contributed by atoms with Crippen LogP contribution < -0.4 is 10.1 Å². The van der Waals surface area contributed by atoms with Crippen LogP contribution in [0.15, 0.2) is 29.3 Å². The summed E-state index contributed by atoms with van der Waals surface area (Å²) in [6.07, 6.45) is 1.60. The number of likely N-dealkylation sites (tertiary alicyclic amines) is 1. The minimum atomic E-state index is -0.107. The Labute approximate surface area is 143 Å². The molecule has 1 heterocycles. The van der Waals surface area contributed by atoms with Crippen molar-refractivity contribution in [3.05, 3.63) is 29.8 Å². The van der Waals surface area contributed by atoms with Gasteiger partial charge in [-0.2, -0.15) is 0 Å². The monoisotopic (exact) mass is 333 g/mol. The van der Waals surface area contributed by atoms with Crippen LogP contribution in [0.4, 0.5) is 0 Å². The van der Waals surface area contributed by atoms with Crippen molar-refractivity contribution in [2.75, 3.05) is 40.4 Å². The number of guanidine groups is 1. The number of ether oxygens (including phenoxy) is 2. The van der Waals surface area contributed by atoms with Crippen molar-refractivity contribution in [2.24, 2.45) is 10.9 Å². The summed E-state index contributed by atoms with van der Waals surface area (Å²) in [5.41, 5.74) is 1.13. The summed E-state index contributed by atoms with van der Waals surface area (Å²) in [5, 5.41) is 3.32. The number of carbonyl (C=O) groups excluding carboxylic acids is 1. The molecule has 1 aliphatic rings. The van der Waals surface area contributed by atoms with Crippen LogP contribution in [0.2, 0.25) is 0 Å². The minimum Gasteiger partial charge on any atom is -0.491 e. The van der Waals surface area contributed by atoms with E-state index in [2.05, 4.69) is 15.2 Å². The van der Waals surface area contributed by atoms with Gasteiger partial charge in [-0.15, -0.1) is 0 Å². The molecule has 132 valence electrons. The van der Waals surface area contributed by atoms with Crippen LogP contribution in [0, 0.1) is 12.8 Å². The Morgan fingerprint density at radius 1 is 1.33 bits per heavy atom. The Morgan fingerprint density at radius 2 is 2.04 bits per heavy atom. The maximum absolute atomic E-state index is 11.6. The first-order valence-corrected chi connectivity index (χ1v) is 8.37. The molecule has 0 unspecified atom stereocenters. The molecule has 0 bridgehead atoms. The van der Waals surface area contributed by atoms with Crippen LogP contribution in [0.3, 0.4) is 0 Å². The molecule has 0 atom stereocenters. The number of piperidine rings is 1. The van der Waals surface area contributed by atoms with Crippen molar-refractivity contribution in [1.29, 1.82) is 0 Å². The van der Waals surface area contributed by atoms with Gasteiger partial charge in [0.1, 0.15) is 12.4 Å². The van der Waals surface area contributed by atoms with Crippen LogP contribution in [-0.2, 0) is 9.53 Å². The number of nitrogens with zero attached hydrogens (tertiary/aromatic N) is 2. The standard InChI is InChI=1S/C18H27N3O3/c1-14-6-4-5-7-16(14)24-13-10-20-18(19-2)21-11-8-15(9-12-21)17(22)23-3/h4-7,15H,8-13H2,1-3H3,(H,19,20). The van der Waals surface area contributed by atoms with Gasteiger partial charge in [-0.05, 0) is 31.4 Å². The number of aliphatic imine (C=N–C) groups is 1. The molecule has 6 heteroatoms. The second-order valence-corrected chi connectivity index (χ2v) is 5.87. The van der Waals surface area contributed by atoms with E-state index in [1.807, 2.05) is 31.2 Å². The van der Waals surface area contributed by atoms with Gasteiger partial charge >= 0.3 is 5.97 Å². The van der Waals surface area contributed by atoms with E-state index in [1.165, 1.54) is 7.11 Å². The lowest BCUT2D eigenvalue weighted by Crippen LogP contribution is -2.47. The fourth-order valence-corrected chi connectivity index (χ4v) is 2.87. The predicted molar refractivity (Wildman–Crippen MR) is 94.3 cm³/mol. The summed E-state index contributed by atoms with van der Waals surface area (Å²) >= 11 is 0. The van der Waals surface area contributed by atoms with Crippen molar-refractivity contribution < 1.29 is 14.3 Å². The number of hydrogen-bond acceptors (Lipinski definition) is 4. The van der Waals surface area contributed by atoms with Crippen molar-refractivity contribution >= 4 is 11.9 Å². The molecule has 0 spiro atoms. The van der Waals surface area contributed by atoms with E-state index >= 15 is 0 Å². The third kappa shape index (κ3) is 4.88. The topological polar surface area (TPSA) is 63.2 Å². The normalized spacial score (nSPS) is 16.0. The van der Waals surface area contributed by atoms with E-state index in [0.717, 1.165) is 43.2 Å². The molecule has 0 radical (unpaired) electrons. The number of hydrogen-bond donors (Lipinski definition) is 1. The zero-order valence-electron chi connectivity index (χ0n) is 14.7. The Hall–Kier alpha value is -2.24. The molecule has 2 rings (SSSR count). The molecule has 1 aromatic rings. The Bertz CT molecular complexity index is 566. The number of para-hydroxylation sites is 1. The summed E-state index contributed by atoms with van der Waals surface area (Å²) < 4.78 is 10.6. The van der Waals surface area contributed by atoms with Crippen LogP contribution in [-0.4, -0.2) is 57.2 Å². The summed E-state index contributed by atoms with van der Waals surface area (Å²) in [7, 11) is 3.22. The number of aryl methyl sites for hydroxylation is 1. The predicted octanol–water partition coefficient (Wildman–Crippen LogP) is 1.83. The molecule has 1 N–H and O–H groups in total. The lowest BCUT2D eigenvalue weighted by atomic mass is 9.97. The lowest BCUT2D eigenvalue weighted by Gasteiger charge is -2.33. The van der Waals surface area contributed by atoms with E-state index in [1.54, 1.807) is 7.05 Å². The van der Waals surface area contributed by atoms with Crippen molar-refractivity contribution in [2.45, 2.75) is 19.8 Å². The van der Waals surface area contributed by atoms with Gasteiger partial charge in [0.15, 0.2) is 5.96 Å². The maximum atomic E-state index is 11.6. The fraction of sp³-hybridized carbons (Fsp3) is 0.556. The van der Waals surface area contributed by atoms with Gasteiger partial charge in [0, 0.05) is 20.1 Å². The van der Waals surface area contributed by atoms with Gasteiger partial charge in [-0.3, -0.25) is 9.79 Å². The lowest BCUT2D eigenvalue weighted by molar-refractivity contribution is -0.146. The zero-order chi connectivity index (χ0) is 17.4. The smallest absolute Gasteiger partial charge is 0.308 e. The van der Waals surface area contributed by atoms with Gasteiger partial charge < -0.3 is 19.7 Å². The average molecular weight is 333 g/mol. The molecule has 1 aliphatic heterocycles. The molecule has 0 aliphatic carbocycles. The summed E-state index contributed by atoms with van der Waals surface area (Å²) in [6.45, 7) is 4.89. The van der Waals surface area contributed by atoms with E-state index in [0.29, 0.717) is 13.2 Å². The molecule has 1 saturated heterocycles. The summed E-state index contributed by atoms with van der Waals surface area (Å²) in [4.78, 5) is 18.1. The minimum absolute atomic E-state index is 0.00810. The van der Waals surface area contributed by atoms with E-state index in [9.17, 15) is 4.79 Å². The summed E-state index contributed by atoms with van der Waals surface area (Å²) in [6, 6.07) is 7.98. The second kappa shape index (κ2) is 9.15. The van der Waals surface area contributed by atoms with Crippen LogP contribution in [0.1, 0.15) is 18.4 Å². The number of esters is 1. The van der Waals surface area contributed by atoms with E-state index in [-0.39, 0.29) is 11.9 Å².